The smallest absolute Gasteiger partial charge is 0.294 e. The molecule has 0 saturated heterocycles. The molecule has 2 rings (SSSR count). The molecule has 3 N–H and O–H groups in total. The molecular formula is C14H18ClN3O3. The first-order valence-corrected chi connectivity index (χ1v) is 7.34. The Balaban J connectivity index is 2.16. The Morgan fingerprint density at radius 2 is 2.24 bits per heavy atom. The van der Waals surface area contributed by atoms with Gasteiger partial charge < -0.3 is 11.1 Å². The highest BCUT2D eigenvalue weighted by atomic mass is 35.5. The molecule has 0 radical (unpaired) electrons. The molecule has 0 bridgehead atoms. The van der Waals surface area contributed by atoms with Gasteiger partial charge in [-0.3, -0.25) is 14.9 Å². The number of hydrogen-bond donors (Lipinski definition) is 2. The average Bonchev–Trinajstić information content (AvgIpc) is 3.24. The average molecular weight is 312 g/mol. The first-order chi connectivity index (χ1) is 9.92. The molecule has 6 nitrogen and oxygen atoms in total. The summed E-state index contributed by atoms with van der Waals surface area (Å²) in [5.41, 5.74) is 5.24. The number of rotatable bonds is 6. The predicted molar refractivity (Wildman–Crippen MR) is 81.4 cm³/mol. The lowest BCUT2D eigenvalue weighted by atomic mass is 10.1. The van der Waals surface area contributed by atoms with Gasteiger partial charge in [0.05, 0.1) is 9.95 Å². The van der Waals surface area contributed by atoms with Gasteiger partial charge in [-0.05, 0) is 24.8 Å². The highest BCUT2D eigenvalue weighted by molar-refractivity contribution is 6.34. The standard InChI is InChI=1S/C14H18ClN3O3/c1-2-10(5-8-3-4-8)17-14(19)9-6-11(15)13(16)12(7-9)18(20)21/h6-8,10H,2-5,16H2,1H3,(H,17,19). The largest absolute Gasteiger partial charge is 0.392 e. The van der Waals surface area contributed by atoms with E-state index in [1.165, 1.54) is 25.0 Å². The van der Waals surface area contributed by atoms with Crippen LogP contribution in [0.25, 0.3) is 0 Å². The van der Waals surface area contributed by atoms with Crippen LogP contribution in [0.3, 0.4) is 0 Å². The van der Waals surface area contributed by atoms with Crippen LogP contribution < -0.4 is 11.1 Å². The highest BCUT2D eigenvalue weighted by Gasteiger charge is 2.26. The molecule has 1 aromatic rings. The van der Waals surface area contributed by atoms with Crippen LogP contribution in [0.4, 0.5) is 11.4 Å². The third kappa shape index (κ3) is 3.85. The Labute approximate surface area is 127 Å². The van der Waals surface area contributed by atoms with Crippen LogP contribution in [0.15, 0.2) is 12.1 Å². The quantitative estimate of drug-likeness (QED) is 0.479. The molecule has 21 heavy (non-hydrogen) atoms. The lowest BCUT2D eigenvalue weighted by Gasteiger charge is -2.17. The fourth-order valence-electron chi connectivity index (χ4n) is 2.24. The first-order valence-electron chi connectivity index (χ1n) is 6.96. The van der Waals surface area contributed by atoms with E-state index in [1.807, 2.05) is 6.92 Å². The summed E-state index contributed by atoms with van der Waals surface area (Å²) in [7, 11) is 0. The summed E-state index contributed by atoms with van der Waals surface area (Å²) in [5.74, 6) is 0.340. The topological polar surface area (TPSA) is 98.3 Å². The van der Waals surface area contributed by atoms with Gasteiger partial charge in [-0.15, -0.1) is 0 Å². The van der Waals surface area contributed by atoms with Crippen LogP contribution in [0.5, 0.6) is 0 Å². The maximum Gasteiger partial charge on any atom is 0.294 e. The summed E-state index contributed by atoms with van der Waals surface area (Å²) in [5, 5.41) is 13.8. The molecule has 1 aromatic carbocycles. The number of carbonyl (C=O) groups excluding carboxylic acids is 1. The van der Waals surface area contributed by atoms with E-state index in [9.17, 15) is 14.9 Å². The number of nitro groups is 1. The fourth-order valence-corrected chi connectivity index (χ4v) is 2.45. The lowest BCUT2D eigenvalue weighted by molar-refractivity contribution is -0.383. The Morgan fingerprint density at radius 3 is 2.76 bits per heavy atom. The van der Waals surface area contributed by atoms with Crippen molar-refractivity contribution in [3.05, 3.63) is 32.8 Å². The molecule has 0 heterocycles. The normalized spacial score (nSPS) is 15.5. The molecule has 114 valence electrons. The number of nitro benzene ring substituents is 1. The summed E-state index contributed by atoms with van der Waals surface area (Å²) in [6, 6.07) is 2.61. The first kappa shape index (κ1) is 15.6. The van der Waals surface area contributed by atoms with Crippen LogP contribution in [0, 0.1) is 16.0 Å². The van der Waals surface area contributed by atoms with Gasteiger partial charge in [-0.1, -0.05) is 31.4 Å². The molecule has 1 aliphatic rings. The van der Waals surface area contributed by atoms with Crippen molar-refractivity contribution in [2.24, 2.45) is 5.92 Å². The minimum atomic E-state index is -0.639. The molecule has 1 aliphatic carbocycles. The van der Waals surface area contributed by atoms with Crippen molar-refractivity contribution in [3.63, 3.8) is 0 Å². The van der Waals surface area contributed by atoms with Crippen LogP contribution in [0.1, 0.15) is 43.0 Å². The van der Waals surface area contributed by atoms with Crippen molar-refractivity contribution in [2.45, 2.75) is 38.6 Å². The number of amides is 1. The van der Waals surface area contributed by atoms with Crippen LogP contribution in [-0.2, 0) is 0 Å². The number of carbonyl (C=O) groups is 1. The number of halogens is 1. The van der Waals surface area contributed by atoms with E-state index in [4.69, 9.17) is 17.3 Å². The highest BCUT2D eigenvalue weighted by Crippen LogP contribution is 2.34. The zero-order valence-electron chi connectivity index (χ0n) is 11.8. The maximum absolute atomic E-state index is 12.2. The number of anilines is 1. The molecule has 7 heteroatoms. The van der Waals surface area contributed by atoms with Gasteiger partial charge in [0.2, 0.25) is 0 Å². The molecule has 0 aromatic heterocycles. The second-order valence-electron chi connectivity index (χ2n) is 5.41. The number of nitrogens with one attached hydrogen (secondary N) is 1. The van der Waals surface area contributed by atoms with Gasteiger partial charge >= 0.3 is 0 Å². The second-order valence-corrected chi connectivity index (χ2v) is 5.81. The van der Waals surface area contributed by atoms with Gasteiger partial charge in [-0.2, -0.15) is 0 Å². The van der Waals surface area contributed by atoms with E-state index in [1.54, 1.807) is 0 Å². The van der Waals surface area contributed by atoms with Crippen LogP contribution in [0.2, 0.25) is 5.02 Å². The van der Waals surface area contributed by atoms with Gasteiger partial charge in [0.1, 0.15) is 5.69 Å². The molecule has 1 saturated carbocycles. The minimum Gasteiger partial charge on any atom is -0.392 e. The van der Waals surface area contributed by atoms with Crippen molar-refractivity contribution in [1.82, 2.24) is 5.32 Å². The van der Waals surface area contributed by atoms with Gasteiger partial charge in [0.25, 0.3) is 11.6 Å². The number of nitrogens with zero attached hydrogens (tertiary/aromatic N) is 1. The van der Waals surface area contributed by atoms with Crippen LogP contribution in [-0.4, -0.2) is 16.9 Å². The zero-order valence-corrected chi connectivity index (χ0v) is 12.5. The fraction of sp³-hybridized carbons (Fsp3) is 0.500. The van der Waals surface area contributed by atoms with Crippen LogP contribution >= 0.6 is 11.6 Å². The second kappa shape index (κ2) is 6.30. The number of hydrogen-bond acceptors (Lipinski definition) is 4. The maximum atomic E-state index is 12.2. The molecule has 1 amide bonds. The predicted octanol–water partition coefficient (Wildman–Crippen LogP) is 3.14. The van der Waals surface area contributed by atoms with Crippen molar-refractivity contribution >= 4 is 28.9 Å². The Morgan fingerprint density at radius 1 is 1.57 bits per heavy atom. The number of nitrogens with two attached hydrogens (primary N) is 1. The molecule has 0 spiro atoms. The van der Waals surface area contributed by atoms with Crippen molar-refractivity contribution in [2.75, 3.05) is 5.73 Å². The SMILES string of the molecule is CCC(CC1CC1)NC(=O)c1cc(Cl)c(N)c([N+](=O)[O-])c1. The van der Waals surface area contributed by atoms with Gasteiger partial charge in [0, 0.05) is 17.7 Å². The minimum absolute atomic E-state index is 0.0181. The van der Waals surface area contributed by atoms with Crippen molar-refractivity contribution in [1.29, 1.82) is 0 Å². The van der Waals surface area contributed by atoms with E-state index >= 15 is 0 Å². The summed E-state index contributed by atoms with van der Waals surface area (Å²) in [6.07, 6.45) is 4.21. The molecule has 1 unspecified atom stereocenters. The Kier molecular flexibility index (Phi) is 4.67. The summed E-state index contributed by atoms with van der Waals surface area (Å²) in [4.78, 5) is 22.5. The summed E-state index contributed by atoms with van der Waals surface area (Å²) in [6.45, 7) is 2.01. The molecule has 1 atom stereocenters. The number of benzene rings is 1. The zero-order chi connectivity index (χ0) is 15.6. The molecule has 1 fully saturated rings. The third-order valence-electron chi connectivity index (χ3n) is 3.71. The Bertz CT molecular complexity index is 573. The van der Waals surface area contributed by atoms with E-state index < -0.39 is 4.92 Å². The van der Waals surface area contributed by atoms with E-state index in [-0.39, 0.29) is 33.9 Å². The summed E-state index contributed by atoms with van der Waals surface area (Å²) < 4.78 is 0. The third-order valence-corrected chi connectivity index (χ3v) is 4.02. The van der Waals surface area contributed by atoms with Gasteiger partial charge in [0.15, 0.2) is 0 Å². The van der Waals surface area contributed by atoms with E-state index in [2.05, 4.69) is 5.32 Å². The van der Waals surface area contributed by atoms with E-state index in [0.717, 1.165) is 12.8 Å². The van der Waals surface area contributed by atoms with Gasteiger partial charge in [-0.25, -0.2) is 0 Å². The Hall–Kier alpha value is -1.82. The number of nitrogen functional groups attached to an aromatic ring is 1. The monoisotopic (exact) mass is 311 g/mol. The molecular weight excluding hydrogens is 294 g/mol. The molecule has 0 aliphatic heterocycles. The lowest BCUT2D eigenvalue weighted by Crippen LogP contribution is -2.34. The van der Waals surface area contributed by atoms with Crippen molar-refractivity contribution in [3.8, 4) is 0 Å². The van der Waals surface area contributed by atoms with Crippen molar-refractivity contribution < 1.29 is 9.72 Å². The summed E-state index contributed by atoms with van der Waals surface area (Å²) >= 11 is 5.86. The van der Waals surface area contributed by atoms with E-state index in [0.29, 0.717) is 5.92 Å².